The maximum Gasteiger partial charge on any atom is 0.408 e. The van der Waals surface area contributed by atoms with Gasteiger partial charge in [-0.25, -0.2) is 14.4 Å². The number of amides is 2. The molecule has 0 spiro atoms. The molecule has 3 rings (SSSR count). The van der Waals surface area contributed by atoms with Gasteiger partial charge in [-0.2, -0.15) is 0 Å². The van der Waals surface area contributed by atoms with Gasteiger partial charge in [0.25, 0.3) is 5.91 Å². The first-order valence-corrected chi connectivity index (χ1v) is 10.3. The molecule has 1 aliphatic carbocycles. The Labute approximate surface area is 189 Å². The molecule has 33 heavy (non-hydrogen) atoms. The fourth-order valence-electron chi connectivity index (χ4n) is 3.60. The molecule has 0 saturated heterocycles. The molecular formula is C23H24N2O8. The topological polar surface area (TPSA) is 151 Å². The average Bonchev–Trinajstić information content (AvgIpc) is 3.13. The summed E-state index contributed by atoms with van der Waals surface area (Å²) in [5.41, 5.74) is 4.08. The number of carboxylic acid groups (broad SMARTS) is 1. The molecule has 2 aromatic carbocycles. The SMILES string of the molecule is CCOC(=O)C(NC(=O)OCC1c2ccccc2-c2ccccc21)C(=O)NCC(O)C(=O)O. The molecular weight excluding hydrogens is 432 g/mol. The first-order valence-electron chi connectivity index (χ1n) is 10.3. The van der Waals surface area contributed by atoms with Crippen LogP contribution in [-0.4, -0.2) is 66.1 Å². The van der Waals surface area contributed by atoms with Gasteiger partial charge in [-0.1, -0.05) is 48.5 Å². The molecule has 0 heterocycles. The highest BCUT2D eigenvalue weighted by atomic mass is 16.6. The van der Waals surface area contributed by atoms with E-state index >= 15 is 0 Å². The van der Waals surface area contributed by atoms with Crippen LogP contribution in [0.3, 0.4) is 0 Å². The van der Waals surface area contributed by atoms with Crippen LogP contribution in [-0.2, 0) is 23.9 Å². The van der Waals surface area contributed by atoms with Gasteiger partial charge in [0.05, 0.1) is 13.2 Å². The molecule has 0 saturated carbocycles. The Kier molecular flexibility index (Phi) is 7.62. The molecule has 2 unspecified atom stereocenters. The number of hydrogen-bond acceptors (Lipinski definition) is 7. The molecule has 2 amide bonds. The second kappa shape index (κ2) is 10.6. The van der Waals surface area contributed by atoms with Gasteiger partial charge in [0.1, 0.15) is 6.61 Å². The van der Waals surface area contributed by atoms with Crippen LogP contribution in [0.5, 0.6) is 0 Å². The molecule has 0 radical (unpaired) electrons. The Balaban J connectivity index is 1.66. The normalized spacial score (nSPS) is 13.8. The lowest BCUT2D eigenvalue weighted by atomic mass is 9.98. The first kappa shape index (κ1) is 23.7. The van der Waals surface area contributed by atoms with Crippen LogP contribution in [0, 0.1) is 0 Å². The molecule has 0 fully saturated rings. The number of alkyl carbamates (subject to hydrolysis) is 1. The number of aliphatic carboxylic acids is 1. The lowest BCUT2D eigenvalue weighted by molar-refractivity contribution is -0.149. The van der Waals surface area contributed by atoms with Crippen molar-refractivity contribution in [2.75, 3.05) is 19.8 Å². The molecule has 4 N–H and O–H groups in total. The van der Waals surface area contributed by atoms with E-state index < -0.39 is 42.6 Å². The van der Waals surface area contributed by atoms with Crippen molar-refractivity contribution in [3.63, 3.8) is 0 Å². The lowest BCUT2D eigenvalue weighted by Gasteiger charge is -2.19. The largest absolute Gasteiger partial charge is 0.479 e. The molecule has 174 valence electrons. The number of esters is 1. The molecule has 0 aliphatic heterocycles. The van der Waals surface area contributed by atoms with E-state index in [4.69, 9.17) is 14.6 Å². The Hall–Kier alpha value is -3.92. The number of aliphatic hydroxyl groups excluding tert-OH is 1. The maximum absolute atomic E-state index is 12.4. The van der Waals surface area contributed by atoms with E-state index in [1.807, 2.05) is 48.5 Å². The third kappa shape index (κ3) is 5.47. The Morgan fingerprint density at radius 1 is 0.970 bits per heavy atom. The van der Waals surface area contributed by atoms with Gasteiger partial charge >= 0.3 is 18.0 Å². The van der Waals surface area contributed by atoms with E-state index in [1.165, 1.54) is 6.92 Å². The van der Waals surface area contributed by atoms with Crippen molar-refractivity contribution in [1.29, 1.82) is 0 Å². The van der Waals surface area contributed by atoms with Gasteiger partial charge in [-0.05, 0) is 29.2 Å². The molecule has 1 aliphatic rings. The van der Waals surface area contributed by atoms with E-state index in [-0.39, 0.29) is 19.1 Å². The number of benzene rings is 2. The van der Waals surface area contributed by atoms with Crippen molar-refractivity contribution in [2.45, 2.75) is 25.0 Å². The highest BCUT2D eigenvalue weighted by Crippen LogP contribution is 2.44. The first-order chi connectivity index (χ1) is 15.8. The summed E-state index contributed by atoms with van der Waals surface area (Å²) in [6.07, 6.45) is -2.89. The maximum atomic E-state index is 12.4. The fourth-order valence-corrected chi connectivity index (χ4v) is 3.60. The summed E-state index contributed by atoms with van der Waals surface area (Å²) in [5, 5.41) is 22.2. The number of fused-ring (bicyclic) bond motifs is 3. The zero-order chi connectivity index (χ0) is 24.0. The van der Waals surface area contributed by atoms with Crippen molar-refractivity contribution in [2.24, 2.45) is 0 Å². The van der Waals surface area contributed by atoms with Crippen LogP contribution in [0.1, 0.15) is 24.0 Å². The third-order valence-corrected chi connectivity index (χ3v) is 5.15. The van der Waals surface area contributed by atoms with Gasteiger partial charge in [0.2, 0.25) is 6.04 Å². The number of carbonyl (C=O) groups excluding carboxylic acids is 3. The van der Waals surface area contributed by atoms with Gasteiger partial charge in [-0.15, -0.1) is 0 Å². The second-order valence-electron chi connectivity index (χ2n) is 7.25. The minimum absolute atomic E-state index is 0.0330. The molecule has 10 nitrogen and oxygen atoms in total. The number of carbonyl (C=O) groups is 4. The van der Waals surface area contributed by atoms with Crippen molar-refractivity contribution in [1.82, 2.24) is 10.6 Å². The summed E-state index contributed by atoms with van der Waals surface area (Å²) < 4.78 is 10.1. The monoisotopic (exact) mass is 456 g/mol. The van der Waals surface area contributed by atoms with E-state index in [2.05, 4.69) is 10.6 Å². The lowest BCUT2D eigenvalue weighted by Crippen LogP contribution is -2.53. The highest BCUT2D eigenvalue weighted by Gasteiger charge is 2.33. The molecule has 2 atom stereocenters. The molecule has 0 aromatic heterocycles. The smallest absolute Gasteiger partial charge is 0.408 e. The van der Waals surface area contributed by atoms with Crippen molar-refractivity contribution < 1.29 is 38.9 Å². The number of hydrogen-bond donors (Lipinski definition) is 4. The van der Waals surface area contributed by atoms with Gasteiger partial charge in [-0.3, -0.25) is 10.1 Å². The standard InChI is InChI=1S/C23H24N2O8/c1-2-32-22(30)19(20(27)24-11-18(26)21(28)29)25-23(31)33-12-17-15-9-5-3-7-13(15)14-8-4-6-10-16(14)17/h3-10,17-19,26H,2,11-12H2,1H3,(H,24,27)(H,25,31)(H,28,29). The van der Waals surface area contributed by atoms with Crippen molar-refractivity contribution in [3.05, 3.63) is 59.7 Å². The average molecular weight is 456 g/mol. The predicted octanol–water partition coefficient (Wildman–Crippen LogP) is 1.02. The second-order valence-corrected chi connectivity index (χ2v) is 7.25. The predicted molar refractivity (Wildman–Crippen MR) is 115 cm³/mol. The van der Waals surface area contributed by atoms with E-state index in [0.29, 0.717) is 0 Å². The Bertz CT molecular complexity index is 1010. The van der Waals surface area contributed by atoms with Crippen LogP contribution in [0.15, 0.2) is 48.5 Å². The molecule has 0 bridgehead atoms. The van der Waals surface area contributed by atoms with Crippen LogP contribution < -0.4 is 10.6 Å². The van der Waals surface area contributed by atoms with Crippen LogP contribution in [0.25, 0.3) is 11.1 Å². The number of ether oxygens (including phenoxy) is 2. The summed E-state index contributed by atoms with van der Waals surface area (Å²) in [6, 6.07) is 13.7. The molecule has 2 aromatic rings. The third-order valence-electron chi connectivity index (χ3n) is 5.15. The molecule has 10 heteroatoms. The zero-order valence-electron chi connectivity index (χ0n) is 17.8. The van der Waals surface area contributed by atoms with Crippen LogP contribution >= 0.6 is 0 Å². The highest BCUT2D eigenvalue weighted by molar-refractivity contribution is 6.04. The minimum Gasteiger partial charge on any atom is -0.479 e. The van der Waals surface area contributed by atoms with E-state index in [1.54, 1.807) is 0 Å². The van der Waals surface area contributed by atoms with Gasteiger partial charge in [0.15, 0.2) is 6.10 Å². The summed E-state index contributed by atoms with van der Waals surface area (Å²) in [6.45, 7) is 0.784. The minimum atomic E-state index is -1.87. The van der Waals surface area contributed by atoms with Crippen LogP contribution in [0.2, 0.25) is 0 Å². The Morgan fingerprint density at radius 2 is 1.55 bits per heavy atom. The summed E-state index contributed by atoms with van der Waals surface area (Å²) in [5.74, 6) is -3.85. The summed E-state index contributed by atoms with van der Waals surface area (Å²) >= 11 is 0. The van der Waals surface area contributed by atoms with Crippen LogP contribution in [0.4, 0.5) is 4.79 Å². The van der Waals surface area contributed by atoms with Crippen molar-refractivity contribution in [3.8, 4) is 11.1 Å². The fraction of sp³-hybridized carbons (Fsp3) is 0.304. The summed E-state index contributed by atoms with van der Waals surface area (Å²) in [7, 11) is 0. The quantitative estimate of drug-likeness (QED) is 0.322. The van der Waals surface area contributed by atoms with E-state index in [0.717, 1.165) is 22.3 Å². The van der Waals surface area contributed by atoms with Gasteiger partial charge in [0, 0.05) is 5.92 Å². The number of rotatable bonds is 9. The number of carboxylic acids is 1. The van der Waals surface area contributed by atoms with Gasteiger partial charge < -0.3 is 25.0 Å². The van der Waals surface area contributed by atoms with Crippen molar-refractivity contribution >= 4 is 23.9 Å². The zero-order valence-corrected chi connectivity index (χ0v) is 17.8. The van der Waals surface area contributed by atoms with E-state index in [9.17, 15) is 24.3 Å². The number of aliphatic hydroxyl groups is 1. The number of nitrogens with one attached hydrogen (secondary N) is 2. The summed E-state index contributed by atoms with van der Waals surface area (Å²) in [4.78, 5) is 47.6. The Morgan fingerprint density at radius 3 is 2.09 bits per heavy atom.